The van der Waals surface area contributed by atoms with E-state index in [4.69, 9.17) is 0 Å². The first-order chi connectivity index (χ1) is 8.49. The maximum atomic E-state index is 13.7. The summed E-state index contributed by atoms with van der Waals surface area (Å²) in [6.45, 7) is 1.72. The molecule has 0 amide bonds. The van der Waals surface area contributed by atoms with E-state index < -0.39 is 0 Å². The van der Waals surface area contributed by atoms with Crippen molar-refractivity contribution in [2.75, 3.05) is 5.32 Å². The van der Waals surface area contributed by atoms with Crippen molar-refractivity contribution in [1.29, 1.82) is 0 Å². The van der Waals surface area contributed by atoms with Crippen LogP contribution in [0, 0.1) is 16.3 Å². The number of aromatic nitrogens is 1. The van der Waals surface area contributed by atoms with Gasteiger partial charge in [0.05, 0.1) is 5.69 Å². The molecule has 0 fully saturated rings. The molecule has 0 atom stereocenters. The standard InChI is InChI=1S/C13H12FIN2O/c1-8-11(5-6-17(2)13(8)18)16-12-4-3-9(15)7-10(12)14/h3-7,16H,1-2H3. The summed E-state index contributed by atoms with van der Waals surface area (Å²) in [6, 6.07) is 6.67. The Balaban J connectivity index is 2.40. The van der Waals surface area contributed by atoms with Gasteiger partial charge in [-0.1, -0.05) is 0 Å². The van der Waals surface area contributed by atoms with Crippen LogP contribution < -0.4 is 10.9 Å². The molecule has 0 radical (unpaired) electrons. The van der Waals surface area contributed by atoms with Crippen LogP contribution in [0.4, 0.5) is 15.8 Å². The van der Waals surface area contributed by atoms with Crippen molar-refractivity contribution in [1.82, 2.24) is 4.57 Å². The summed E-state index contributed by atoms with van der Waals surface area (Å²) in [5.41, 5.74) is 1.47. The van der Waals surface area contributed by atoms with Crippen LogP contribution in [0.2, 0.25) is 0 Å². The quantitative estimate of drug-likeness (QED) is 0.837. The number of halogens is 2. The van der Waals surface area contributed by atoms with Gasteiger partial charge in [0, 0.05) is 28.1 Å². The molecule has 18 heavy (non-hydrogen) atoms. The van der Waals surface area contributed by atoms with E-state index in [1.165, 1.54) is 10.6 Å². The first-order valence-electron chi connectivity index (χ1n) is 5.37. The van der Waals surface area contributed by atoms with Crippen molar-refractivity contribution in [3.05, 3.63) is 55.8 Å². The van der Waals surface area contributed by atoms with Crippen LogP contribution in [0.3, 0.4) is 0 Å². The van der Waals surface area contributed by atoms with E-state index in [1.807, 2.05) is 28.7 Å². The highest BCUT2D eigenvalue weighted by Gasteiger charge is 2.07. The first kappa shape index (κ1) is 13.1. The zero-order valence-electron chi connectivity index (χ0n) is 10.00. The lowest BCUT2D eigenvalue weighted by molar-refractivity contribution is 0.631. The van der Waals surface area contributed by atoms with Gasteiger partial charge >= 0.3 is 0 Å². The number of aryl methyl sites for hydroxylation is 1. The zero-order chi connectivity index (χ0) is 13.3. The van der Waals surface area contributed by atoms with Crippen LogP contribution in [0.5, 0.6) is 0 Å². The molecule has 1 aromatic heterocycles. The van der Waals surface area contributed by atoms with Crippen molar-refractivity contribution in [3.8, 4) is 0 Å². The summed E-state index contributed by atoms with van der Waals surface area (Å²) >= 11 is 2.05. The number of hydrogen-bond donors (Lipinski definition) is 1. The highest BCUT2D eigenvalue weighted by Crippen LogP contribution is 2.22. The largest absolute Gasteiger partial charge is 0.353 e. The third-order valence-electron chi connectivity index (χ3n) is 2.71. The van der Waals surface area contributed by atoms with E-state index in [9.17, 15) is 9.18 Å². The summed E-state index contributed by atoms with van der Waals surface area (Å²) in [6.07, 6.45) is 1.66. The topological polar surface area (TPSA) is 34.0 Å². The lowest BCUT2D eigenvalue weighted by Gasteiger charge is -2.11. The van der Waals surface area contributed by atoms with Gasteiger partial charge < -0.3 is 9.88 Å². The van der Waals surface area contributed by atoms with E-state index in [0.29, 0.717) is 16.9 Å². The molecule has 0 saturated heterocycles. The molecule has 0 unspecified atom stereocenters. The minimum atomic E-state index is -0.332. The summed E-state index contributed by atoms with van der Waals surface area (Å²) in [7, 11) is 1.69. The molecule has 1 aromatic carbocycles. The maximum Gasteiger partial charge on any atom is 0.255 e. The van der Waals surface area contributed by atoms with Gasteiger partial charge in [0.25, 0.3) is 5.56 Å². The maximum absolute atomic E-state index is 13.7. The van der Waals surface area contributed by atoms with Crippen molar-refractivity contribution >= 4 is 34.0 Å². The predicted octanol–water partition coefficient (Wildman–Crippen LogP) is 3.18. The third kappa shape index (κ3) is 2.55. The van der Waals surface area contributed by atoms with Crippen LogP contribution in [-0.2, 0) is 7.05 Å². The van der Waals surface area contributed by atoms with E-state index in [-0.39, 0.29) is 11.4 Å². The minimum Gasteiger partial charge on any atom is -0.353 e. The van der Waals surface area contributed by atoms with Gasteiger partial charge in [-0.2, -0.15) is 0 Å². The second-order valence-corrected chi connectivity index (χ2v) is 5.27. The van der Waals surface area contributed by atoms with Crippen molar-refractivity contribution in [3.63, 3.8) is 0 Å². The monoisotopic (exact) mass is 358 g/mol. The van der Waals surface area contributed by atoms with Gasteiger partial charge in [0.1, 0.15) is 5.82 Å². The van der Waals surface area contributed by atoms with Gasteiger partial charge in [0.15, 0.2) is 0 Å². The van der Waals surface area contributed by atoms with Gasteiger partial charge in [-0.25, -0.2) is 4.39 Å². The lowest BCUT2D eigenvalue weighted by Crippen LogP contribution is -2.19. The van der Waals surface area contributed by atoms with Crippen LogP contribution in [0.1, 0.15) is 5.56 Å². The molecule has 94 valence electrons. The molecule has 0 spiro atoms. The fourth-order valence-corrected chi connectivity index (χ4v) is 2.08. The molecule has 0 bridgehead atoms. The number of pyridine rings is 1. The van der Waals surface area contributed by atoms with Gasteiger partial charge in [-0.3, -0.25) is 4.79 Å². The number of nitrogens with zero attached hydrogens (tertiary/aromatic N) is 1. The SMILES string of the molecule is Cc1c(Nc2ccc(I)cc2F)ccn(C)c1=O. The van der Waals surface area contributed by atoms with Crippen LogP contribution in [0.25, 0.3) is 0 Å². The highest BCUT2D eigenvalue weighted by molar-refractivity contribution is 14.1. The Morgan fingerprint density at radius 1 is 1.28 bits per heavy atom. The number of benzene rings is 1. The van der Waals surface area contributed by atoms with E-state index in [2.05, 4.69) is 5.32 Å². The van der Waals surface area contributed by atoms with Crippen LogP contribution in [-0.4, -0.2) is 4.57 Å². The second kappa shape index (κ2) is 5.09. The second-order valence-electron chi connectivity index (χ2n) is 4.02. The molecule has 0 aliphatic carbocycles. The summed E-state index contributed by atoms with van der Waals surface area (Å²) < 4.78 is 16.0. The molecule has 0 aliphatic rings. The first-order valence-corrected chi connectivity index (χ1v) is 6.45. The lowest BCUT2D eigenvalue weighted by atomic mass is 10.2. The Labute approximate surface area is 118 Å². The van der Waals surface area contributed by atoms with Gasteiger partial charge in [0.2, 0.25) is 0 Å². The molecule has 3 nitrogen and oxygen atoms in total. The number of anilines is 2. The number of nitrogens with one attached hydrogen (secondary N) is 1. The molecule has 0 saturated carbocycles. The van der Waals surface area contributed by atoms with E-state index >= 15 is 0 Å². The highest BCUT2D eigenvalue weighted by atomic mass is 127. The smallest absolute Gasteiger partial charge is 0.255 e. The average Bonchev–Trinajstić information content (AvgIpc) is 2.33. The Hall–Kier alpha value is -1.37. The molecule has 2 aromatic rings. The average molecular weight is 358 g/mol. The molecule has 1 heterocycles. The van der Waals surface area contributed by atoms with Gasteiger partial charge in [-0.05, 0) is 53.8 Å². The van der Waals surface area contributed by atoms with Crippen molar-refractivity contribution in [2.45, 2.75) is 6.92 Å². The zero-order valence-corrected chi connectivity index (χ0v) is 12.2. The predicted molar refractivity (Wildman–Crippen MR) is 78.8 cm³/mol. The fraction of sp³-hybridized carbons (Fsp3) is 0.154. The van der Waals surface area contributed by atoms with Crippen molar-refractivity contribution in [2.24, 2.45) is 7.05 Å². The molecule has 1 N–H and O–H groups in total. The summed E-state index contributed by atoms with van der Waals surface area (Å²) in [5, 5.41) is 2.94. The Morgan fingerprint density at radius 3 is 2.67 bits per heavy atom. The molecule has 0 aliphatic heterocycles. The minimum absolute atomic E-state index is 0.0917. The number of hydrogen-bond acceptors (Lipinski definition) is 2. The van der Waals surface area contributed by atoms with Crippen molar-refractivity contribution < 1.29 is 4.39 Å². The summed E-state index contributed by atoms with van der Waals surface area (Å²) in [4.78, 5) is 11.7. The number of rotatable bonds is 2. The Kier molecular flexibility index (Phi) is 3.70. The molecular weight excluding hydrogens is 346 g/mol. The fourth-order valence-electron chi connectivity index (χ4n) is 1.63. The van der Waals surface area contributed by atoms with E-state index in [0.717, 1.165) is 3.57 Å². The Bertz CT molecular complexity index is 652. The van der Waals surface area contributed by atoms with Gasteiger partial charge in [-0.15, -0.1) is 0 Å². The Morgan fingerprint density at radius 2 is 2.00 bits per heavy atom. The molecular formula is C13H12FIN2O. The van der Waals surface area contributed by atoms with Crippen LogP contribution >= 0.6 is 22.6 Å². The van der Waals surface area contributed by atoms with E-state index in [1.54, 1.807) is 32.3 Å². The molecule has 2 rings (SSSR count). The van der Waals surface area contributed by atoms with Crippen LogP contribution in [0.15, 0.2) is 35.3 Å². The molecule has 5 heteroatoms. The normalized spacial score (nSPS) is 10.4. The summed E-state index contributed by atoms with van der Waals surface area (Å²) in [5.74, 6) is -0.332. The third-order valence-corrected chi connectivity index (χ3v) is 3.38.